The van der Waals surface area contributed by atoms with Crippen molar-refractivity contribution in [2.75, 3.05) is 0 Å². The van der Waals surface area contributed by atoms with Crippen molar-refractivity contribution in [3.8, 4) is 0 Å². The zero-order valence-corrected chi connectivity index (χ0v) is 36.9. The van der Waals surface area contributed by atoms with Crippen LogP contribution in [-0.4, -0.2) is 47.3 Å². The lowest BCUT2D eigenvalue weighted by Crippen LogP contribution is -2.56. The molecule has 0 N–H and O–H groups in total. The molecule has 0 spiro atoms. The first-order valence-corrected chi connectivity index (χ1v) is 23.2. The van der Waals surface area contributed by atoms with Crippen LogP contribution < -0.4 is 0 Å². The molecule has 0 bridgehead atoms. The van der Waals surface area contributed by atoms with Gasteiger partial charge in [0, 0.05) is 48.9 Å². The van der Waals surface area contributed by atoms with Crippen LogP contribution in [0.25, 0.3) is 0 Å². The minimum Gasteiger partial charge on any atom is -0.461 e. The zero-order chi connectivity index (χ0) is 41.9. The first-order valence-electron chi connectivity index (χ1n) is 23.2. The molecule has 6 saturated carbocycles. The van der Waals surface area contributed by atoms with Crippen LogP contribution in [0, 0.1) is 69.0 Å². The van der Waals surface area contributed by atoms with E-state index in [0.717, 1.165) is 96.3 Å². The molecule has 8 nitrogen and oxygen atoms in total. The van der Waals surface area contributed by atoms with E-state index in [2.05, 4.69) is 34.6 Å². The number of carbonyl (C=O) groups is 6. The molecule has 58 heavy (non-hydrogen) atoms. The maximum atomic E-state index is 12.6. The molecule has 0 heterocycles. The number of fused-ring (bicyclic) bond motifs is 10. The lowest BCUT2D eigenvalue weighted by Gasteiger charge is -2.59. The van der Waals surface area contributed by atoms with Crippen molar-refractivity contribution in [2.45, 2.75) is 183 Å². The van der Waals surface area contributed by atoms with Crippen molar-refractivity contribution in [3.63, 3.8) is 0 Å². The first-order chi connectivity index (χ1) is 27.4. The minimum atomic E-state index is -0.343. The topological polar surface area (TPSA) is 121 Å². The third-order valence-electron chi connectivity index (χ3n) is 18.6. The molecule has 0 aliphatic heterocycles. The van der Waals surface area contributed by atoms with Gasteiger partial charge in [0.15, 0.2) is 11.6 Å². The second-order valence-corrected chi connectivity index (χ2v) is 21.2. The average Bonchev–Trinajstić information content (AvgIpc) is 3.70. The summed E-state index contributed by atoms with van der Waals surface area (Å²) in [5.74, 6) is 3.96. The van der Waals surface area contributed by atoms with E-state index >= 15 is 0 Å². The normalized spacial score (nSPS) is 43.7. The van der Waals surface area contributed by atoms with Crippen LogP contribution in [0.4, 0.5) is 0 Å². The van der Waals surface area contributed by atoms with Gasteiger partial charge in [0.25, 0.3) is 0 Å². The number of Topliss-reactive ketones (excluding diaryl/α,β-unsaturated/α-hetero) is 2. The Morgan fingerprint density at radius 2 is 1.05 bits per heavy atom. The fraction of sp³-hybridized carbons (Fsp3) is 0.800. The molecular weight excluding hydrogens is 729 g/mol. The molecule has 0 aromatic rings. The van der Waals surface area contributed by atoms with Gasteiger partial charge < -0.3 is 9.47 Å². The SMILES string of the molecule is CC(=O)OC1CC(=O)C=C2CC[C@H]3[C@@H]4CC[C@H](C(C)=O)[C@@]4(C)CC[C@@H]3[C@]21C.CCCCCC(=O)OC1CC(=O)C=C2CCC3C(CC[C@@]4(C)C3CC[C@@H]4C(C)=O)[C@]21C. The van der Waals surface area contributed by atoms with Crippen LogP contribution in [0.15, 0.2) is 23.3 Å². The lowest BCUT2D eigenvalue weighted by atomic mass is 9.46. The molecule has 0 radical (unpaired) electrons. The Hall–Kier alpha value is -2.90. The quantitative estimate of drug-likeness (QED) is 0.176. The maximum absolute atomic E-state index is 12.6. The third-order valence-corrected chi connectivity index (χ3v) is 18.6. The molecule has 0 amide bonds. The summed E-state index contributed by atoms with van der Waals surface area (Å²) in [5.41, 5.74) is 2.15. The van der Waals surface area contributed by atoms with Gasteiger partial charge in [0.05, 0.1) is 0 Å². The van der Waals surface area contributed by atoms with Crippen LogP contribution in [-0.2, 0) is 38.2 Å². The highest BCUT2D eigenvalue weighted by atomic mass is 16.5. The van der Waals surface area contributed by atoms with E-state index < -0.39 is 0 Å². The van der Waals surface area contributed by atoms with Gasteiger partial charge >= 0.3 is 11.9 Å². The average molecular weight is 801 g/mol. The fourth-order valence-electron chi connectivity index (χ4n) is 15.8. The van der Waals surface area contributed by atoms with Crippen LogP contribution >= 0.6 is 0 Å². The molecule has 8 heteroatoms. The minimum absolute atomic E-state index is 0.0883. The van der Waals surface area contributed by atoms with E-state index in [1.807, 2.05) is 12.2 Å². The van der Waals surface area contributed by atoms with Crippen LogP contribution in [0.2, 0.25) is 0 Å². The number of hydrogen-bond donors (Lipinski definition) is 0. The van der Waals surface area contributed by atoms with E-state index in [1.54, 1.807) is 13.8 Å². The number of hydrogen-bond acceptors (Lipinski definition) is 8. The van der Waals surface area contributed by atoms with E-state index in [9.17, 15) is 28.8 Å². The van der Waals surface area contributed by atoms with Crippen molar-refractivity contribution in [3.05, 3.63) is 23.3 Å². The van der Waals surface area contributed by atoms with Crippen LogP contribution in [0.5, 0.6) is 0 Å². The number of esters is 2. The van der Waals surface area contributed by atoms with Gasteiger partial charge in [-0.3, -0.25) is 28.8 Å². The fourth-order valence-corrected chi connectivity index (χ4v) is 15.8. The monoisotopic (exact) mass is 801 g/mol. The summed E-state index contributed by atoms with van der Waals surface area (Å²) in [5, 5.41) is 0. The number of rotatable bonds is 8. The van der Waals surface area contributed by atoms with Gasteiger partial charge in [-0.25, -0.2) is 0 Å². The Balaban J connectivity index is 0.000000178. The molecule has 14 atom stereocenters. The summed E-state index contributed by atoms with van der Waals surface area (Å²) >= 11 is 0. The third kappa shape index (κ3) is 7.14. The van der Waals surface area contributed by atoms with Crippen LogP contribution in [0.1, 0.15) is 171 Å². The maximum Gasteiger partial charge on any atom is 0.306 e. The van der Waals surface area contributed by atoms with Crippen molar-refractivity contribution < 1.29 is 38.2 Å². The second kappa shape index (κ2) is 16.2. The van der Waals surface area contributed by atoms with E-state index in [1.165, 1.54) is 18.1 Å². The number of unbranched alkanes of at least 4 members (excludes halogenated alkanes) is 2. The standard InChI is InChI=1S/C27H40O4.C23H32O4/c1-5-6-7-8-25(30)31-24-16-19(29)15-18-9-10-20-22-12-11-21(17(2)28)26(22,3)14-13-23(20)27(18,24)4;1-13(24)18-7-8-19-17-6-5-15-11-16(26)12-21(27-14(2)25)23(15,4)20(17)9-10-22(18,19)3/h15,20-24H,5-14,16H2,1-4H3;11,17-21H,5-10,12H2,1-4H3/t20?,21-,22?,23?,24?,26-,27+;17-,18+,19-,20-,21?,22+,23-/m10/s1. The molecule has 0 aromatic heterocycles. The summed E-state index contributed by atoms with van der Waals surface area (Å²) in [4.78, 5) is 73.8. The highest BCUT2D eigenvalue weighted by molar-refractivity contribution is 5.93. The summed E-state index contributed by atoms with van der Waals surface area (Å²) in [6, 6.07) is 0. The van der Waals surface area contributed by atoms with Gasteiger partial charge in [-0.2, -0.15) is 0 Å². The Morgan fingerprint density at radius 1 is 0.603 bits per heavy atom. The van der Waals surface area contributed by atoms with Gasteiger partial charge in [-0.1, -0.05) is 58.6 Å². The predicted molar refractivity (Wildman–Crippen MR) is 222 cm³/mol. The molecule has 8 aliphatic carbocycles. The molecule has 6 fully saturated rings. The Bertz CT molecular complexity index is 1760. The van der Waals surface area contributed by atoms with Gasteiger partial charge in [-0.15, -0.1) is 0 Å². The molecule has 8 rings (SSSR count). The lowest BCUT2D eigenvalue weighted by molar-refractivity contribution is -0.167. The smallest absolute Gasteiger partial charge is 0.306 e. The summed E-state index contributed by atoms with van der Waals surface area (Å²) < 4.78 is 11.8. The number of carbonyl (C=O) groups excluding carboxylic acids is 6. The van der Waals surface area contributed by atoms with Crippen LogP contribution in [0.3, 0.4) is 0 Å². The molecule has 0 aromatic carbocycles. The van der Waals surface area contributed by atoms with Crippen molar-refractivity contribution in [1.29, 1.82) is 0 Å². The Kier molecular flexibility index (Phi) is 12.0. The molecular formula is C50H72O8. The second-order valence-electron chi connectivity index (χ2n) is 21.2. The predicted octanol–water partition coefficient (Wildman–Crippen LogP) is 10.1. The molecule has 5 unspecified atom stereocenters. The van der Waals surface area contributed by atoms with Gasteiger partial charge in [0.1, 0.15) is 23.8 Å². The summed E-state index contributed by atoms with van der Waals surface area (Å²) in [6.45, 7) is 16.3. The van der Waals surface area contributed by atoms with Crippen molar-refractivity contribution >= 4 is 35.1 Å². The van der Waals surface area contributed by atoms with Crippen molar-refractivity contribution in [1.82, 2.24) is 0 Å². The molecule has 8 aliphatic rings. The Labute approximate surface area is 347 Å². The van der Waals surface area contributed by atoms with Gasteiger partial charge in [0.2, 0.25) is 0 Å². The van der Waals surface area contributed by atoms with E-state index in [0.29, 0.717) is 66.3 Å². The van der Waals surface area contributed by atoms with E-state index in [-0.39, 0.29) is 69.2 Å². The highest BCUT2D eigenvalue weighted by Gasteiger charge is 2.64. The largest absolute Gasteiger partial charge is 0.461 e. The number of ether oxygens (including phenoxy) is 2. The van der Waals surface area contributed by atoms with Crippen molar-refractivity contribution in [2.24, 2.45) is 69.0 Å². The summed E-state index contributed by atoms with van der Waals surface area (Å²) in [7, 11) is 0. The number of ketones is 4. The molecule has 0 saturated heterocycles. The first kappa shape index (κ1) is 43.2. The van der Waals surface area contributed by atoms with Gasteiger partial charge in [-0.05, 0) is 156 Å². The van der Waals surface area contributed by atoms with E-state index in [4.69, 9.17) is 9.47 Å². The Morgan fingerprint density at radius 3 is 1.47 bits per heavy atom. The highest BCUT2D eigenvalue weighted by Crippen LogP contribution is 2.68. The molecule has 320 valence electrons. The summed E-state index contributed by atoms with van der Waals surface area (Å²) in [6.07, 6.45) is 19.7. The zero-order valence-electron chi connectivity index (χ0n) is 36.9.